The zero-order chi connectivity index (χ0) is 8.27. The van der Waals surface area contributed by atoms with Crippen LogP contribution in [0.5, 0.6) is 0 Å². The molecule has 2 nitrogen and oxygen atoms in total. The van der Waals surface area contributed by atoms with Crippen LogP contribution in [-0.4, -0.2) is 9.36 Å². The molecule has 0 saturated carbocycles. The summed E-state index contributed by atoms with van der Waals surface area (Å²) in [6.07, 6.45) is 2.44. The Morgan fingerprint density at radius 3 is 2.73 bits per heavy atom. The predicted octanol–water partition coefficient (Wildman–Crippen LogP) is 2.75. The Bertz CT molecular complexity index is 220. The van der Waals surface area contributed by atoms with Crippen LogP contribution >= 0.6 is 11.5 Å². The number of aromatic nitrogens is 2. The SMILES string of the molecule is CCCC(C)c1nc(C)ns1. The van der Waals surface area contributed by atoms with E-state index in [0.29, 0.717) is 5.92 Å². The highest BCUT2D eigenvalue weighted by molar-refractivity contribution is 7.05. The number of rotatable bonds is 3. The lowest BCUT2D eigenvalue weighted by Gasteiger charge is -2.02. The van der Waals surface area contributed by atoms with Crippen molar-refractivity contribution in [2.24, 2.45) is 0 Å². The fourth-order valence-corrected chi connectivity index (χ4v) is 1.81. The second-order valence-corrected chi connectivity index (χ2v) is 3.65. The largest absolute Gasteiger partial charge is 0.225 e. The van der Waals surface area contributed by atoms with Gasteiger partial charge in [-0.1, -0.05) is 20.3 Å². The minimum absolute atomic E-state index is 0.589. The lowest BCUT2D eigenvalue weighted by Crippen LogP contribution is -1.91. The van der Waals surface area contributed by atoms with Gasteiger partial charge in [0, 0.05) is 5.92 Å². The van der Waals surface area contributed by atoms with Crippen LogP contribution < -0.4 is 0 Å². The van der Waals surface area contributed by atoms with E-state index >= 15 is 0 Å². The number of hydrogen-bond acceptors (Lipinski definition) is 3. The molecule has 0 amide bonds. The summed E-state index contributed by atoms with van der Waals surface area (Å²) in [6, 6.07) is 0. The van der Waals surface area contributed by atoms with Gasteiger partial charge in [0.05, 0.1) is 0 Å². The standard InChI is InChI=1S/C8H14N2S/c1-4-5-6(2)8-9-7(3)10-11-8/h6H,4-5H2,1-3H3. The first-order valence-corrected chi connectivity index (χ1v) is 4.81. The molecule has 1 aromatic heterocycles. The summed E-state index contributed by atoms with van der Waals surface area (Å²) < 4.78 is 4.15. The van der Waals surface area contributed by atoms with Crippen molar-refractivity contribution in [3.63, 3.8) is 0 Å². The third-order valence-electron chi connectivity index (χ3n) is 1.69. The van der Waals surface area contributed by atoms with Crippen LogP contribution in [0.25, 0.3) is 0 Å². The van der Waals surface area contributed by atoms with Crippen molar-refractivity contribution in [1.82, 2.24) is 9.36 Å². The summed E-state index contributed by atoms with van der Waals surface area (Å²) in [5.41, 5.74) is 0. The molecule has 62 valence electrons. The molecule has 3 heteroatoms. The molecular formula is C8H14N2S. The number of hydrogen-bond donors (Lipinski definition) is 0. The van der Waals surface area contributed by atoms with E-state index in [1.807, 2.05) is 6.92 Å². The van der Waals surface area contributed by atoms with Gasteiger partial charge >= 0.3 is 0 Å². The predicted molar refractivity (Wildman–Crippen MR) is 48.0 cm³/mol. The molecule has 1 atom stereocenters. The van der Waals surface area contributed by atoms with E-state index in [1.165, 1.54) is 29.4 Å². The second-order valence-electron chi connectivity index (χ2n) is 2.87. The van der Waals surface area contributed by atoms with Gasteiger partial charge < -0.3 is 0 Å². The summed E-state index contributed by atoms with van der Waals surface area (Å²) in [4.78, 5) is 4.34. The summed E-state index contributed by atoms with van der Waals surface area (Å²) in [5.74, 6) is 1.50. The molecule has 1 aromatic rings. The maximum absolute atomic E-state index is 4.34. The van der Waals surface area contributed by atoms with Crippen molar-refractivity contribution in [2.45, 2.75) is 39.5 Å². The molecule has 0 radical (unpaired) electrons. The Hall–Kier alpha value is -0.440. The van der Waals surface area contributed by atoms with Gasteiger partial charge in [-0.15, -0.1) is 0 Å². The molecule has 0 aliphatic carbocycles. The van der Waals surface area contributed by atoms with Gasteiger partial charge in [0.25, 0.3) is 0 Å². The van der Waals surface area contributed by atoms with Gasteiger partial charge in [-0.05, 0) is 24.9 Å². The zero-order valence-electron chi connectivity index (χ0n) is 7.29. The molecular weight excluding hydrogens is 156 g/mol. The topological polar surface area (TPSA) is 25.8 Å². The Balaban J connectivity index is 2.60. The molecule has 11 heavy (non-hydrogen) atoms. The second kappa shape index (κ2) is 3.81. The summed E-state index contributed by atoms with van der Waals surface area (Å²) >= 11 is 1.54. The van der Waals surface area contributed by atoms with Gasteiger partial charge in [-0.25, -0.2) is 4.98 Å². The van der Waals surface area contributed by atoms with E-state index < -0.39 is 0 Å². The van der Waals surface area contributed by atoms with Crippen molar-refractivity contribution in [2.75, 3.05) is 0 Å². The van der Waals surface area contributed by atoms with Crippen LogP contribution in [0.15, 0.2) is 0 Å². The van der Waals surface area contributed by atoms with Crippen LogP contribution in [0.4, 0.5) is 0 Å². The summed E-state index contributed by atoms with van der Waals surface area (Å²) in [5, 5.41) is 1.18. The molecule has 0 fully saturated rings. The van der Waals surface area contributed by atoms with Crippen molar-refractivity contribution < 1.29 is 0 Å². The smallest absolute Gasteiger partial charge is 0.139 e. The third-order valence-corrected chi connectivity index (χ3v) is 2.72. The first-order chi connectivity index (χ1) is 5.24. The van der Waals surface area contributed by atoms with E-state index in [9.17, 15) is 0 Å². The first kappa shape index (κ1) is 8.65. The van der Waals surface area contributed by atoms with E-state index in [4.69, 9.17) is 0 Å². The zero-order valence-corrected chi connectivity index (χ0v) is 8.11. The van der Waals surface area contributed by atoms with E-state index in [1.54, 1.807) is 0 Å². The molecule has 1 rings (SSSR count). The maximum atomic E-state index is 4.34. The number of nitrogens with zero attached hydrogens (tertiary/aromatic N) is 2. The quantitative estimate of drug-likeness (QED) is 0.697. The molecule has 0 N–H and O–H groups in total. The lowest BCUT2D eigenvalue weighted by atomic mass is 10.1. The van der Waals surface area contributed by atoms with Gasteiger partial charge in [0.2, 0.25) is 0 Å². The highest BCUT2D eigenvalue weighted by Gasteiger charge is 2.08. The highest BCUT2D eigenvalue weighted by atomic mass is 32.1. The van der Waals surface area contributed by atoms with Gasteiger partial charge in [-0.2, -0.15) is 4.37 Å². The molecule has 1 heterocycles. The van der Waals surface area contributed by atoms with E-state index in [0.717, 1.165) is 5.82 Å². The number of aryl methyl sites for hydroxylation is 1. The Morgan fingerprint density at radius 2 is 2.27 bits per heavy atom. The van der Waals surface area contributed by atoms with Crippen molar-refractivity contribution >= 4 is 11.5 Å². The Labute approximate surface area is 71.8 Å². The minimum atomic E-state index is 0.589. The highest BCUT2D eigenvalue weighted by Crippen LogP contribution is 2.21. The van der Waals surface area contributed by atoms with E-state index in [-0.39, 0.29) is 0 Å². The van der Waals surface area contributed by atoms with Crippen molar-refractivity contribution in [3.8, 4) is 0 Å². The molecule has 0 aliphatic rings. The van der Waals surface area contributed by atoms with Crippen molar-refractivity contribution in [3.05, 3.63) is 10.8 Å². The lowest BCUT2D eigenvalue weighted by molar-refractivity contribution is 0.659. The fourth-order valence-electron chi connectivity index (χ4n) is 1.07. The van der Waals surface area contributed by atoms with Crippen molar-refractivity contribution in [1.29, 1.82) is 0 Å². The molecule has 0 aliphatic heterocycles. The summed E-state index contributed by atoms with van der Waals surface area (Å²) in [7, 11) is 0. The van der Waals surface area contributed by atoms with Gasteiger partial charge in [-0.3, -0.25) is 0 Å². The summed E-state index contributed by atoms with van der Waals surface area (Å²) in [6.45, 7) is 6.35. The van der Waals surface area contributed by atoms with Gasteiger partial charge in [0.15, 0.2) is 0 Å². The molecule has 1 unspecified atom stereocenters. The molecule has 0 bridgehead atoms. The minimum Gasteiger partial charge on any atom is -0.225 e. The van der Waals surface area contributed by atoms with Crippen LogP contribution in [0, 0.1) is 6.92 Å². The molecule has 0 aromatic carbocycles. The molecule has 0 saturated heterocycles. The van der Waals surface area contributed by atoms with Crippen LogP contribution in [-0.2, 0) is 0 Å². The monoisotopic (exact) mass is 170 g/mol. The van der Waals surface area contributed by atoms with Crippen LogP contribution in [0.1, 0.15) is 43.4 Å². The van der Waals surface area contributed by atoms with E-state index in [2.05, 4.69) is 23.2 Å². The molecule has 0 spiro atoms. The first-order valence-electron chi connectivity index (χ1n) is 4.04. The normalized spacial score (nSPS) is 13.4. The van der Waals surface area contributed by atoms with Crippen LogP contribution in [0.3, 0.4) is 0 Å². The fraction of sp³-hybridized carbons (Fsp3) is 0.750. The van der Waals surface area contributed by atoms with Crippen LogP contribution in [0.2, 0.25) is 0 Å². The third kappa shape index (κ3) is 2.26. The maximum Gasteiger partial charge on any atom is 0.139 e. The van der Waals surface area contributed by atoms with Gasteiger partial charge in [0.1, 0.15) is 10.8 Å². The Morgan fingerprint density at radius 1 is 1.55 bits per heavy atom. The average molecular weight is 170 g/mol. The Kier molecular flexibility index (Phi) is 3.00. The average Bonchev–Trinajstić information content (AvgIpc) is 2.36.